The molecule has 1 heterocycles. The summed E-state index contributed by atoms with van der Waals surface area (Å²) in [5.74, 6) is 1.37. The summed E-state index contributed by atoms with van der Waals surface area (Å²) in [6, 6.07) is 16.7. The molecule has 150 valence electrons. The van der Waals surface area contributed by atoms with Gasteiger partial charge in [-0.15, -0.1) is 0 Å². The van der Waals surface area contributed by atoms with Crippen molar-refractivity contribution in [3.63, 3.8) is 0 Å². The maximum Gasteiger partial charge on any atom is 0.238 e. The van der Waals surface area contributed by atoms with Crippen molar-refractivity contribution < 1.29 is 9.53 Å². The van der Waals surface area contributed by atoms with E-state index in [4.69, 9.17) is 10.5 Å². The van der Waals surface area contributed by atoms with Crippen LogP contribution in [0.1, 0.15) is 5.82 Å². The Morgan fingerprint density at radius 3 is 2.55 bits per heavy atom. The third-order valence-electron chi connectivity index (χ3n) is 3.93. The van der Waals surface area contributed by atoms with E-state index in [1.54, 1.807) is 19.1 Å². The van der Waals surface area contributed by atoms with Crippen LogP contribution < -0.4 is 21.1 Å². The van der Waals surface area contributed by atoms with Crippen molar-refractivity contribution in [3.8, 4) is 5.75 Å². The summed E-state index contributed by atoms with van der Waals surface area (Å²) >= 11 is 0. The van der Waals surface area contributed by atoms with Gasteiger partial charge < -0.3 is 21.1 Å². The SMILES string of the molecule is COc1ccccc1Nc1nc(N)nc(CN(C)CC(=O)Nc2ccccc2)n1. The minimum atomic E-state index is -0.131. The fourth-order valence-electron chi connectivity index (χ4n) is 2.70. The number of nitrogens with one attached hydrogen (secondary N) is 2. The summed E-state index contributed by atoms with van der Waals surface area (Å²) in [7, 11) is 3.39. The number of nitrogen functional groups attached to an aromatic ring is 1. The van der Waals surface area contributed by atoms with Gasteiger partial charge in [-0.3, -0.25) is 9.69 Å². The summed E-state index contributed by atoms with van der Waals surface area (Å²) in [4.78, 5) is 26.7. The van der Waals surface area contributed by atoms with E-state index >= 15 is 0 Å². The maximum absolute atomic E-state index is 12.2. The number of hydrogen-bond donors (Lipinski definition) is 3. The number of likely N-dealkylation sites (N-methyl/N-ethyl adjacent to an activating group) is 1. The molecule has 0 radical (unpaired) electrons. The molecule has 1 amide bonds. The van der Waals surface area contributed by atoms with Crippen LogP contribution in [-0.4, -0.2) is 46.5 Å². The predicted molar refractivity (Wildman–Crippen MR) is 112 cm³/mol. The second-order valence-electron chi connectivity index (χ2n) is 6.35. The Hall–Kier alpha value is -3.72. The predicted octanol–water partition coefficient (Wildman–Crippen LogP) is 2.28. The monoisotopic (exact) mass is 393 g/mol. The highest BCUT2D eigenvalue weighted by atomic mass is 16.5. The van der Waals surface area contributed by atoms with Crippen molar-refractivity contribution in [3.05, 3.63) is 60.4 Å². The smallest absolute Gasteiger partial charge is 0.238 e. The first-order chi connectivity index (χ1) is 14.0. The average Bonchev–Trinajstić information content (AvgIpc) is 2.68. The number of hydrogen-bond acceptors (Lipinski definition) is 8. The van der Waals surface area contributed by atoms with Crippen LogP contribution >= 0.6 is 0 Å². The minimum absolute atomic E-state index is 0.0922. The highest BCUT2D eigenvalue weighted by Crippen LogP contribution is 2.25. The molecule has 3 rings (SSSR count). The molecular formula is C20H23N7O2. The van der Waals surface area contributed by atoms with Gasteiger partial charge in [0.05, 0.1) is 25.9 Å². The minimum Gasteiger partial charge on any atom is -0.495 e. The molecule has 1 aromatic heterocycles. The van der Waals surface area contributed by atoms with Crippen LogP contribution in [0.25, 0.3) is 0 Å². The molecule has 0 atom stereocenters. The van der Waals surface area contributed by atoms with E-state index in [1.807, 2.05) is 54.6 Å². The molecule has 0 aliphatic heterocycles. The Labute approximate surface area is 169 Å². The number of anilines is 4. The van der Waals surface area contributed by atoms with E-state index in [-0.39, 0.29) is 18.4 Å². The van der Waals surface area contributed by atoms with Gasteiger partial charge in [-0.05, 0) is 31.3 Å². The van der Waals surface area contributed by atoms with Crippen molar-refractivity contribution >= 4 is 29.2 Å². The number of aromatic nitrogens is 3. The second kappa shape index (κ2) is 9.47. The van der Waals surface area contributed by atoms with Crippen LogP contribution in [0.2, 0.25) is 0 Å². The number of carbonyl (C=O) groups excluding carboxylic acids is 1. The highest BCUT2D eigenvalue weighted by Gasteiger charge is 2.12. The lowest BCUT2D eigenvalue weighted by atomic mass is 10.3. The first-order valence-electron chi connectivity index (χ1n) is 8.97. The number of ether oxygens (including phenoxy) is 1. The molecule has 9 nitrogen and oxygen atoms in total. The molecular weight excluding hydrogens is 370 g/mol. The summed E-state index contributed by atoms with van der Waals surface area (Å²) in [6.45, 7) is 0.505. The molecule has 3 aromatic rings. The number of amides is 1. The zero-order chi connectivity index (χ0) is 20.6. The van der Waals surface area contributed by atoms with Gasteiger partial charge in [0.25, 0.3) is 0 Å². The molecule has 0 bridgehead atoms. The second-order valence-corrected chi connectivity index (χ2v) is 6.35. The molecule has 4 N–H and O–H groups in total. The van der Waals surface area contributed by atoms with Crippen molar-refractivity contribution in [1.29, 1.82) is 0 Å². The molecule has 0 fully saturated rings. The number of carbonyl (C=O) groups is 1. The maximum atomic E-state index is 12.2. The summed E-state index contributed by atoms with van der Waals surface area (Å²) in [5, 5.41) is 5.93. The van der Waals surface area contributed by atoms with Gasteiger partial charge in [0, 0.05) is 5.69 Å². The lowest BCUT2D eigenvalue weighted by Gasteiger charge is -2.16. The van der Waals surface area contributed by atoms with E-state index in [0.717, 1.165) is 5.69 Å². The first kappa shape index (κ1) is 20.0. The zero-order valence-corrected chi connectivity index (χ0v) is 16.3. The summed E-state index contributed by atoms with van der Waals surface area (Å²) in [6.07, 6.45) is 0. The molecule has 0 saturated carbocycles. The average molecular weight is 393 g/mol. The topological polar surface area (TPSA) is 118 Å². The highest BCUT2D eigenvalue weighted by molar-refractivity contribution is 5.92. The van der Waals surface area contributed by atoms with E-state index < -0.39 is 0 Å². The number of rotatable bonds is 8. The van der Waals surface area contributed by atoms with E-state index in [2.05, 4.69) is 25.6 Å². The molecule has 2 aromatic carbocycles. The number of nitrogens with two attached hydrogens (primary N) is 1. The number of nitrogens with zero attached hydrogens (tertiary/aromatic N) is 4. The van der Waals surface area contributed by atoms with Gasteiger partial charge in [0.1, 0.15) is 11.6 Å². The molecule has 29 heavy (non-hydrogen) atoms. The Bertz CT molecular complexity index is 966. The summed E-state index contributed by atoms with van der Waals surface area (Å²) < 4.78 is 5.32. The molecule has 0 spiro atoms. The summed E-state index contributed by atoms with van der Waals surface area (Å²) in [5.41, 5.74) is 7.29. The van der Waals surface area contributed by atoms with E-state index in [9.17, 15) is 4.79 Å². The van der Waals surface area contributed by atoms with Gasteiger partial charge in [-0.1, -0.05) is 30.3 Å². The number of benzene rings is 2. The molecule has 0 unspecified atom stereocenters. The van der Waals surface area contributed by atoms with Crippen LogP contribution in [0.3, 0.4) is 0 Å². The third-order valence-corrected chi connectivity index (χ3v) is 3.93. The molecule has 0 aliphatic rings. The molecule has 0 aliphatic carbocycles. The van der Waals surface area contributed by atoms with Crippen LogP contribution in [0.5, 0.6) is 5.75 Å². The zero-order valence-electron chi connectivity index (χ0n) is 16.3. The molecule has 0 saturated heterocycles. The van der Waals surface area contributed by atoms with E-state index in [1.165, 1.54) is 0 Å². The van der Waals surface area contributed by atoms with Crippen LogP contribution in [0.15, 0.2) is 54.6 Å². The number of para-hydroxylation sites is 3. The van der Waals surface area contributed by atoms with Crippen molar-refractivity contribution in [2.45, 2.75) is 6.54 Å². The number of methoxy groups -OCH3 is 1. The van der Waals surface area contributed by atoms with Gasteiger partial charge in [-0.25, -0.2) is 0 Å². The third kappa shape index (κ3) is 5.88. The largest absolute Gasteiger partial charge is 0.495 e. The lowest BCUT2D eigenvalue weighted by molar-refractivity contribution is -0.117. The Morgan fingerprint density at radius 2 is 1.79 bits per heavy atom. The standard InChI is InChI=1S/C20H23N7O2/c1-27(13-18(28)22-14-8-4-3-5-9-14)12-17-24-19(21)26-20(25-17)23-15-10-6-7-11-16(15)29-2/h3-11H,12-13H2,1-2H3,(H,22,28)(H3,21,23,24,25,26). The fraction of sp³-hybridized carbons (Fsp3) is 0.200. The first-order valence-corrected chi connectivity index (χ1v) is 8.97. The Balaban J connectivity index is 1.64. The van der Waals surface area contributed by atoms with E-state index in [0.29, 0.717) is 29.8 Å². The molecule has 9 heteroatoms. The van der Waals surface area contributed by atoms with Gasteiger partial charge >= 0.3 is 0 Å². The van der Waals surface area contributed by atoms with Crippen molar-refractivity contribution in [2.75, 3.05) is 37.1 Å². The normalized spacial score (nSPS) is 10.6. The van der Waals surface area contributed by atoms with Crippen LogP contribution in [-0.2, 0) is 11.3 Å². The Morgan fingerprint density at radius 1 is 1.07 bits per heavy atom. The Kier molecular flexibility index (Phi) is 6.54. The van der Waals surface area contributed by atoms with Gasteiger partial charge in [0.15, 0.2) is 0 Å². The van der Waals surface area contributed by atoms with Crippen molar-refractivity contribution in [2.24, 2.45) is 0 Å². The van der Waals surface area contributed by atoms with Crippen LogP contribution in [0, 0.1) is 0 Å². The van der Waals surface area contributed by atoms with Gasteiger partial charge in [0.2, 0.25) is 17.8 Å². The van der Waals surface area contributed by atoms with Crippen molar-refractivity contribution in [1.82, 2.24) is 19.9 Å². The lowest BCUT2D eigenvalue weighted by Crippen LogP contribution is -2.30. The van der Waals surface area contributed by atoms with Crippen LogP contribution in [0.4, 0.5) is 23.3 Å². The fourth-order valence-corrected chi connectivity index (χ4v) is 2.70. The quantitative estimate of drug-likeness (QED) is 0.533. The van der Waals surface area contributed by atoms with Gasteiger partial charge in [-0.2, -0.15) is 15.0 Å².